The first-order valence-electron chi connectivity index (χ1n) is 4.53. The molecule has 0 aromatic carbocycles. The van der Waals surface area contributed by atoms with Crippen LogP contribution < -0.4 is 0 Å². The number of ether oxygens (including phenoxy) is 1. The van der Waals surface area contributed by atoms with Gasteiger partial charge in [-0.3, -0.25) is 0 Å². The van der Waals surface area contributed by atoms with Crippen molar-refractivity contribution >= 4 is 29.2 Å². The Hall–Kier alpha value is -0.280. The molecule has 0 unspecified atom stereocenters. The SMILES string of the molecule is O=C(OC1CCCCC1)C(F)=C(Cl)Cl. The molecule has 0 atom stereocenters. The number of carbonyl (C=O) groups excluding carboxylic acids is 1. The predicted octanol–water partition coefficient (Wildman–Crippen LogP) is 3.48. The van der Waals surface area contributed by atoms with Crippen molar-refractivity contribution in [3.63, 3.8) is 0 Å². The van der Waals surface area contributed by atoms with Crippen LogP contribution in [0.25, 0.3) is 0 Å². The molecule has 80 valence electrons. The van der Waals surface area contributed by atoms with E-state index in [-0.39, 0.29) is 6.10 Å². The molecule has 1 aliphatic carbocycles. The Labute approximate surface area is 92.0 Å². The molecule has 0 amide bonds. The summed E-state index contributed by atoms with van der Waals surface area (Å²) in [7, 11) is 0. The van der Waals surface area contributed by atoms with Gasteiger partial charge in [0.05, 0.1) is 0 Å². The Morgan fingerprint density at radius 1 is 1.21 bits per heavy atom. The summed E-state index contributed by atoms with van der Waals surface area (Å²) in [4.78, 5) is 11.0. The first-order valence-corrected chi connectivity index (χ1v) is 5.28. The molecule has 0 aromatic heterocycles. The van der Waals surface area contributed by atoms with Crippen LogP contribution in [-0.2, 0) is 9.53 Å². The highest BCUT2D eigenvalue weighted by Crippen LogP contribution is 2.23. The minimum absolute atomic E-state index is 0.185. The zero-order valence-electron chi connectivity index (χ0n) is 7.56. The number of hydrogen-bond acceptors (Lipinski definition) is 2. The molecule has 14 heavy (non-hydrogen) atoms. The van der Waals surface area contributed by atoms with Gasteiger partial charge in [0.1, 0.15) is 10.6 Å². The molecule has 0 saturated heterocycles. The Balaban J connectivity index is 2.43. The molecule has 1 rings (SSSR count). The molecule has 0 heterocycles. The summed E-state index contributed by atoms with van der Waals surface area (Å²) in [5, 5.41) is 0. The third-order valence-corrected chi connectivity index (χ3v) is 2.50. The number of halogens is 3. The highest BCUT2D eigenvalue weighted by Gasteiger charge is 2.21. The molecule has 1 saturated carbocycles. The Kier molecular flexibility index (Phi) is 4.69. The van der Waals surface area contributed by atoms with Crippen LogP contribution in [0.1, 0.15) is 32.1 Å². The van der Waals surface area contributed by atoms with Gasteiger partial charge in [0, 0.05) is 0 Å². The Morgan fingerprint density at radius 3 is 2.29 bits per heavy atom. The molecule has 5 heteroatoms. The lowest BCUT2D eigenvalue weighted by molar-refractivity contribution is -0.147. The van der Waals surface area contributed by atoms with Gasteiger partial charge in [0.15, 0.2) is 0 Å². The molecule has 1 aliphatic rings. The second-order valence-electron chi connectivity index (χ2n) is 3.24. The summed E-state index contributed by atoms with van der Waals surface area (Å²) < 4.78 is 17.0. The summed E-state index contributed by atoms with van der Waals surface area (Å²) >= 11 is 10.2. The van der Waals surface area contributed by atoms with Gasteiger partial charge in [-0.15, -0.1) is 0 Å². The van der Waals surface area contributed by atoms with Gasteiger partial charge >= 0.3 is 5.97 Å². The minimum Gasteiger partial charge on any atom is -0.457 e. The third-order valence-electron chi connectivity index (χ3n) is 2.17. The van der Waals surface area contributed by atoms with Crippen molar-refractivity contribution in [3.05, 3.63) is 10.3 Å². The first kappa shape index (κ1) is 11.8. The fraction of sp³-hybridized carbons (Fsp3) is 0.667. The van der Waals surface area contributed by atoms with Gasteiger partial charge in [0.2, 0.25) is 5.83 Å². The maximum absolute atomic E-state index is 12.8. The van der Waals surface area contributed by atoms with Crippen LogP contribution in [0, 0.1) is 0 Å². The summed E-state index contributed by atoms with van der Waals surface area (Å²) in [5.74, 6) is -2.27. The highest BCUT2D eigenvalue weighted by molar-refractivity contribution is 6.57. The minimum atomic E-state index is -1.21. The lowest BCUT2D eigenvalue weighted by Gasteiger charge is -2.21. The maximum atomic E-state index is 12.8. The van der Waals surface area contributed by atoms with Gasteiger partial charge in [-0.2, -0.15) is 4.39 Å². The van der Waals surface area contributed by atoms with Crippen molar-refractivity contribution in [1.29, 1.82) is 0 Å². The summed E-state index contributed by atoms with van der Waals surface area (Å²) in [6, 6.07) is 0. The number of rotatable bonds is 2. The van der Waals surface area contributed by atoms with Crippen molar-refractivity contribution in [3.8, 4) is 0 Å². The molecule has 0 radical (unpaired) electrons. The zero-order valence-corrected chi connectivity index (χ0v) is 9.08. The topological polar surface area (TPSA) is 26.3 Å². The second-order valence-corrected chi connectivity index (χ2v) is 4.19. The van der Waals surface area contributed by atoms with Gasteiger partial charge in [-0.1, -0.05) is 29.6 Å². The Morgan fingerprint density at radius 2 is 1.79 bits per heavy atom. The van der Waals surface area contributed by atoms with Crippen molar-refractivity contribution in [2.45, 2.75) is 38.2 Å². The summed E-state index contributed by atoms with van der Waals surface area (Å²) in [6.07, 6.45) is 4.56. The standard InChI is InChI=1S/C9H11Cl2FO2/c10-8(11)7(12)9(13)14-6-4-2-1-3-5-6/h6H,1-5H2. The number of carbonyl (C=O) groups is 1. The molecule has 0 spiro atoms. The fourth-order valence-corrected chi connectivity index (χ4v) is 1.62. The smallest absolute Gasteiger partial charge is 0.370 e. The van der Waals surface area contributed by atoms with Gasteiger partial charge < -0.3 is 4.74 Å². The monoisotopic (exact) mass is 240 g/mol. The van der Waals surface area contributed by atoms with Crippen LogP contribution in [-0.4, -0.2) is 12.1 Å². The summed E-state index contributed by atoms with van der Waals surface area (Å²) in [6.45, 7) is 0. The van der Waals surface area contributed by atoms with Crippen LogP contribution in [0.2, 0.25) is 0 Å². The first-order chi connectivity index (χ1) is 6.61. The summed E-state index contributed by atoms with van der Waals surface area (Å²) in [5.41, 5.74) is 0. The van der Waals surface area contributed by atoms with E-state index in [1.165, 1.54) is 0 Å². The van der Waals surface area contributed by atoms with E-state index < -0.39 is 16.3 Å². The van der Waals surface area contributed by atoms with Crippen molar-refractivity contribution in [2.75, 3.05) is 0 Å². The zero-order chi connectivity index (χ0) is 10.6. The van der Waals surface area contributed by atoms with E-state index in [0.717, 1.165) is 32.1 Å². The van der Waals surface area contributed by atoms with E-state index in [9.17, 15) is 9.18 Å². The van der Waals surface area contributed by atoms with E-state index in [1.807, 2.05) is 0 Å². The van der Waals surface area contributed by atoms with Gasteiger partial charge in [-0.25, -0.2) is 4.79 Å². The molecule has 1 fully saturated rings. The average molecular weight is 241 g/mol. The van der Waals surface area contributed by atoms with Crippen molar-refractivity contribution in [2.24, 2.45) is 0 Å². The number of hydrogen-bond donors (Lipinski definition) is 0. The fourth-order valence-electron chi connectivity index (χ4n) is 1.46. The highest BCUT2D eigenvalue weighted by atomic mass is 35.5. The average Bonchev–Trinajstić information content (AvgIpc) is 2.18. The van der Waals surface area contributed by atoms with E-state index in [4.69, 9.17) is 27.9 Å². The van der Waals surface area contributed by atoms with Gasteiger partial charge in [0.25, 0.3) is 0 Å². The largest absolute Gasteiger partial charge is 0.457 e. The van der Waals surface area contributed by atoms with E-state index in [0.29, 0.717) is 0 Å². The molecule has 0 aliphatic heterocycles. The molecular weight excluding hydrogens is 230 g/mol. The maximum Gasteiger partial charge on any atom is 0.370 e. The van der Waals surface area contributed by atoms with E-state index in [2.05, 4.69) is 0 Å². The third kappa shape index (κ3) is 3.46. The molecule has 2 nitrogen and oxygen atoms in total. The van der Waals surface area contributed by atoms with Crippen molar-refractivity contribution < 1.29 is 13.9 Å². The van der Waals surface area contributed by atoms with Gasteiger partial charge in [-0.05, 0) is 25.7 Å². The molecule has 0 N–H and O–H groups in total. The second kappa shape index (κ2) is 5.56. The number of esters is 1. The predicted molar refractivity (Wildman–Crippen MR) is 52.8 cm³/mol. The van der Waals surface area contributed by atoms with Crippen LogP contribution in [0.5, 0.6) is 0 Å². The van der Waals surface area contributed by atoms with E-state index in [1.54, 1.807) is 0 Å². The lowest BCUT2D eigenvalue weighted by atomic mass is 9.98. The molecule has 0 bridgehead atoms. The van der Waals surface area contributed by atoms with Crippen LogP contribution in [0.3, 0.4) is 0 Å². The van der Waals surface area contributed by atoms with Crippen molar-refractivity contribution in [1.82, 2.24) is 0 Å². The Bertz CT molecular complexity index is 243. The van der Waals surface area contributed by atoms with Crippen LogP contribution in [0.4, 0.5) is 4.39 Å². The molecular formula is C9H11Cl2FO2. The normalized spacial score (nSPS) is 17.6. The van der Waals surface area contributed by atoms with Crippen LogP contribution >= 0.6 is 23.2 Å². The lowest BCUT2D eigenvalue weighted by Crippen LogP contribution is -2.21. The van der Waals surface area contributed by atoms with Crippen LogP contribution in [0.15, 0.2) is 10.3 Å². The molecule has 0 aromatic rings. The quantitative estimate of drug-likeness (QED) is 0.546. The van der Waals surface area contributed by atoms with E-state index >= 15 is 0 Å².